The summed E-state index contributed by atoms with van der Waals surface area (Å²) in [6, 6.07) is 4.18. The fourth-order valence-electron chi connectivity index (χ4n) is 4.55. The van der Waals surface area contributed by atoms with E-state index < -0.39 is 5.92 Å². The Bertz CT molecular complexity index is 864. The van der Waals surface area contributed by atoms with Gasteiger partial charge in [0.25, 0.3) is 0 Å². The number of rotatable bonds is 5. The van der Waals surface area contributed by atoms with Gasteiger partial charge in [-0.15, -0.1) is 0 Å². The minimum atomic E-state index is -0.484. The molecule has 3 aliphatic heterocycles. The summed E-state index contributed by atoms with van der Waals surface area (Å²) >= 11 is 0. The van der Waals surface area contributed by atoms with Gasteiger partial charge in [0.05, 0.1) is 31.3 Å². The van der Waals surface area contributed by atoms with Gasteiger partial charge in [0, 0.05) is 44.3 Å². The van der Waals surface area contributed by atoms with Crippen LogP contribution in [0.2, 0.25) is 0 Å². The lowest BCUT2D eigenvalue weighted by Gasteiger charge is -2.44. The average Bonchev–Trinajstić information content (AvgIpc) is 3.35. The molecule has 2 aromatic rings. The number of aromatic nitrogens is 3. The first kappa shape index (κ1) is 20.5. The molecular formula is C21H30N8O2. The molecule has 10 nitrogen and oxygen atoms in total. The molecule has 0 aliphatic carbocycles. The van der Waals surface area contributed by atoms with E-state index in [4.69, 9.17) is 9.72 Å². The van der Waals surface area contributed by atoms with Gasteiger partial charge in [-0.2, -0.15) is 0 Å². The zero-order chi connectivity index (χ0) is 21.0. The monoisotopic (exact) mass is 426 g/mol. The van der Waals surface area contributed by atoms with Crippen LogP contribution in [0.25, 0.3) is 5.82 Å². The van der Waals surface area contributed by atoms with E-state index in [0.29, 0.717) is 30.8 Å². The zero-order valence-electron chi connectivity index (χ0n) is 17.5. The van der Waals surface area contributed by atoms with E-state index in [1.807, 2.05) is 29.1 Å². The van der Waals surface area contributed by atoms with Crippen LogP contribution in [-0.4, -0.2) is 83.2 Å². The van der Waals surface area contributed by atoms with Gasteiger partial charge in [-0.25, -0.2) is 4.98 Å². The number of carbonyl (C=O) groups excluding carboxylic acids is 1. The molecule has 0 saturated carbocycles. The molecule has 5 rings (SSSR count). The topological polar surface area (TPSA) is 108 Å². The maximum Gasteiger partial charge on any atom is 0.234 e. The molecule has 2 aromatic heterocycles. The molecule has 10 heteroatoms. The fourth-order valence-corrected chi connectivity index (χ4v) is 4.55. The number of morpholine rings is 1. The molecule has 3 saturated heterocycles. The molecule has 0 radical (unpaired) electrons. The van der Waals surface area contributed by atoms with Crippen LogP contribution in [0.15, 0.2) is 36.9 Å². The third-order valence-electron chi connectivity index (χ3n) is 6.18. The van der Waals surface area contributed by atoms with Crippen LogP contribution < -0.4 is 21.3 Å². The molecule has 1 amide bonds. The lowest BCUT2D eigenvalue weighted by atomic mass is 9.96. The van der Waals surface area contributed by atoms with E-state index in [2.05, 4.69) is 31.2 Å². The third-order valence-corrected chi connectivity index (χ3v) is 6.18. The van der Waals surface area contributed by atoms with Crippen molar-refractivity contribution in [2.75, 3.05) is 39.4 Å². The molecule has 4 N–H and O–H groups in total. The van der Waals surface area contributed by atoms with Gasteiger partial charge in [-0.1, -0.05) is 0 Å². The van der Waals surface area contributed by atoms with Gasteiger partial charge in [0.2, 0.25) is 5.91 Å². The second-order valence-electron chi connectivity index (χ2n) is 8.28. The van der Waals surface area contributed by atoms with Crippen molar-refractivity contribution in [1.29, 1.82) is 0 Å². The molecule has 3 unspecified atom stereocenters. The number of amides is 1. The van der Waals surface area contributed by atoms with Crippen molar-refractivity contribution in [2.24, 2.45) is 0 Å². The second-order valence-corrected chi connectivity index (χ2v) is 8.28. The van der Waals surface area contributed by atoms with Crippen LogP contribution in [0.5, 0.6) is 0 Å². The number of nitrogens with one attached hydrogen (secondary N) is 4. The number of nitrogens with zero attached hydrogens (tertiary/aromatic N) is 4. The van der Waals surface area contributed by atoms with Crippen LogP contribution in [0.4, 0.5) is 0 Å². The van der Waals surface area contributed by atoms with Crippen molar-refractivity contribution in [3.63, 3.8) is 0 Å². The van der Waals surface area contributed by atoms with E-state index in [1.54, 1.807) is 12.4 Å². The van der Waals surface area contributed by atoms with Crippen LogP contribution >= 0.6 is 0 Å². The largest absolute Gasteiger partial charge is 0.379 e. The molecule has 166 valence electrons. The highest BCUT2D eigenvalue weighted by Crippen LogP contribution is 2.23. The first-order chi connectivity index (χ1) is 15.3. The van der Waals surface area contributed by atoms with E-state index in [1.165, 1.54) is 0 Å². The minimum absolute atomic E-state index is 0.0459. The number of hydrogen-bond donors (Lipinski definition) is 4. The SMILES string of the molecule is O=C1NC(N2CCOCC2)NC(N[C@@H]2CCCNC2)C1c1cncc(-n2cccc2)n1. The Kier molecular flexibility index (Phi) is 6.23. The number of piperidine rings is 1. The van der Waals surface area contributed by atoms with Crippen molar-refractivity contribution >= 4 is 5.91 Å². The molecule has 3 fully saturated rings. The lowest BCUT2D eigenvalue weighted by molar-refractivity contribution is -0.131. The van der Waals surface area contributed by atoms with Gasteiger partial charge in [0.1, 0.15) is 12.2 Å². The van der Waals surface area contributed by atoms with Crippen molar-refractivity contribution < 1.29 is 9.53 Å². The first-order valence-electron chi connectivity index (χ1n) is 11.1. The summed E-state index contributed by atoms with van der Waals surface area (Å²) in [7, 11) is 0. The third kappa shape index (κ3) is 4.63. The Morgan fingerprint density at radius 2 is 2.00 bits per heavy atom. The molecule has 3 aliphatic rings. The predicted octanol–water partition coefficient (Wildman–Crippen LogP) is -0.646. The van der Waals surface area contributed by atoms with Crippen molar-refractivity contribution in [2.45, 2.75) is 37.3 Å². The number of carbonyl (C=O) groups is 1. The molecule has 5 heterocycles. The predicted molar refractivity (Wildman–Crippen MR) is 114 cm³/mol. The number of hydrogen-bond acceptors (Lipinski definition) is 8. The fraction of sp³-hybridized carbons (Fsp3) is 0.571. The summed E-state index contributed by atoms with van der Waals surface area (Å²) in [6.07, 6.45) is 8.97. The van der Waals surface area contributed by atoms with Gasteiger partial charge in [-0.3, -0.25) is 25.3 Å². The van der Waals surface area contributed by atoms with E-state index >= 15 is 0 Å². The van der Waals surface area contributed by atoms with Crippen LogP contribution in [0.1, 0.15) is 24.5 Å². The Hall–Kier alpha value is -2.37. The maximum absolute atomic E-state index is 13.4. The Balaban J connectivity index is 1.41. The van der Waals surface area contributed by atoms with E-state index in [9.17, 15) is 4.79 Å². The summed E-state index contributed by atoms with van der Waals surface area (Å²) in [5, 5.41) is 13.9. The van der Waals surface area contributed by atoms with Gasteiger partial charge >= 0.3 is 0 Å². The second kappa shape index (κ2) is 9.41. The minimum Gasteiger partial charge on any atom is -0.379 e. The summed E-state index contributed by atoms with van der Waals surface area (Å²) < 4.78 is 7.38. The summed E-state index contributed by atoms with van der Waals surface area (Å²) in [5.74, 6) is 0.168. The highest BCUT2D eigenvalue weighted by atomic mass is 16.5. The van der Waals surface area contributed by atoms with Crippen LogP contribution in [-0.2, 0) is 9.53 Å². The molecule has 4 atom stereocenters. The van der Waals surface area contributed by atoms with Crippen molar-refractivity contribution in [3.05, 3.63) is 42.6 Å². The molecule has 0 spiro atoms. The van der Waals surface area contributed by atoms with Crippen molar-refractivity contribution in [3.8, 4) is 5.82 Å². The average molecular weight is 427 g/mol. The van der Waals surface area contributed by atoms with Gasteiger partial charge < -0.3 is 19.9 Å². The Labute approximate surface area is 181 Å². The highest BCUT2D eigenvalue weighted by molar-refractivity contribution is 5.85. The quantitative estimate of drug-likeness (QED) is 0.500. The normalized spacial score (nSPS) is 30.1. The van der Waals surface area contributed by atoms with Crippen molar-refractivity contribution in [1.82, 2.24) is 40.7 Å². The standard InChI is InChI=1S/C21H30N8O2/c30-20-18(16-13-23-14-17(25-16)28-6-1-2-7-28)19(24-15-4-3-5-22-12-15)26-21(27-20)29-8-10-31-11-9-29/h1-2,6-7,13-15,18-19,21-22,24,26H,3-5,8-12H2,(H,27,30)/t15-,18?,19?,21?/m1/s1. The first-order valence-corrected chi connectivity index (χ1v) is 11.1. The van der Waals surface area contributed by atoms with E-state index in [-0.39, 0.29) is 18.4 Å². The summed E-state index contributed by atoms with van der Waals surface area (Å²) in [5.41, 5.74) is 0.651. The maximum atomic E-state index is 13.4. The zero-order valence-corrected chi connectivity index (χ0v) is 17.5. The highest BCUT2D eigenvalue weighted by Gasteiger charge is 2.41. The summed E-state index contributed by atoms with van der Waals surface area (Å²) in [6.45, 7) is 4.84. The Morgan fingerprint density at radius 1 is 1.16 bits per heavy atom. The molecule has 0 aromatic carbocycles. The molecular weight excluding hydrogens is 396 g/mol. The molecule has 31 heavy (non-hydrogen) atoms. The smallest absolute Gasteiger partial charge is 0.234 e. The Morgan fingerprint density at radius 3 is 2.77 bits per heavy atom. The molecule has 0 bridgehead atoms. The number of ether oxygens (including phenoxy) is 1. The van der Waals surface area contributed by atoms with Crippen LogP contribution in [0.3, 0.4) is 0 Å². The van der Waals surface area contributed by atoms with Gasteiger partial charge in [0.15, 0.2) is 5.82 Å². The van der Waals surface area contributed by atoms with Gasteiger partial charge in [-0.05, 0) is 31.5 Å². The van der Waals surface area contributed by atoms with E-state index in [0.717, 1.165) is 39.0 Å². The lowest BCUT2D eigenvalue weighted by Crippen LogP contribution is -2.71. The summed E-state index contributed by atoms with van der Waals surface area (Å²) in [4.78, 5) is 24.7. The van der Waals surface area contributed by atoms with Crippen LogP contribution in [0, 0.1) is 0 Å².